The molecule has 0 spiro atoms. The number of amides is 1. The molecular formula is C15H30N2O4. The summed E-state index contributed by atoms with van der Waals surface area (Å²) in [6, 6.07) is 0.412. The first-order valence-electron chi connectivity index (χ1n) is 7.82. The summed E-state index contributed by atoms with van der Waals surface area (Å²) in [6.45, 7) is 8.98. The predicted molar refractivity (Wildman–Crippen MR) is 81.4 cm³/mol. The van der Waals surface area contributed by atoms with E-state index in [1.165, 1.54) is 0 Å². The maximum Gasteiger partial charge on any atom is 0.410 e. The lowest BCUT2D eigenvalue weighted by molar-refractivity contribution is 0.0256. The van der Waals surface area contributed by atoms with Gasteiger partial charge in [-0.15, -0.1) is 0 Å². The lowest BCUT2D eigenvalue weighted by atomic mass is 10.1. The molecule has 2 N–H and O–H groups in total. The molecule has 1 amide bonds. The molecule has 0 aromatic rings. The summed E-state index contributed by atoms with van der Waals surface area (Å²) in [5.74, 6) is 0. The van der Waals surface area contributed by atoms with Gasteiger partial charge in [0.1, 0.15) is 5.60 Å². The molecule has 0 aliphatic carbocycles. The maximum atomic E-state index is 12.0. The number of hydrogen-bond donors (Lipinski definition) is 2. The first-order chi connectivity index (χ1) is 9.92. The van der Waals surface area contributed by atoms with E-state index in [1.54, 1.807) is 4.90 Å². The Bertz CT molecular complexity index is 305. The number of carbonyl (C=O) groups is 1. The quantitative estimate of drug-likeness (QED) is 0.725. The predicted octanol–water partition coefficient (Wildman–Crippen LogP) is 1.37. The molecule has 124 valence electrons. The fourth-order valence-electron chi connectivity index (χ4n) is 2.31. The molecule has 1 aliphatic rings. The Hall–Kier alpha value is -0.850. The number of likely N-dealkylation sites (tertiary alicyclic amines) is 1. The summed E-state index contributed by atoms with van der Waals surface area (Å²) >= 11 is 0. The summed E-state index contributed by atoms with van der Waals surface area (Å²) in [5, 5.41) is 12.1. The Balaban J connectivity index is 2.25. The molecule has 1 heterocycles. The largest absolute Gasteiger partial charge is 0.444 e. The molecule has 21 heavy (non-hydrogen) atoms. The molecular weight excluding hydrogens is 272 g/mol. The number of aliphatic hydroxyl groups is 1. The first kappa shape index (κ1) is 18.2. The van der Waals surface area contributed by atoms with Gasteiger partial charge in [-0.2, -0.15) is 0 Å². The minimum absolute atomic E-state index is 0.0638. The molecule has 1 atom stereocenters. The van der Waals surface area contributed by atoms with Crippen molar-refractivity contribution < 1.29 is 19.4 Å². The average molecular weight is 302 g/mol. The van der Waals surface area contributed by atoms with Crippen LogP contribution < -0.4 is 5.32 Å². The van der Waals surface area contributed by atoms with Crippen molar-refractivity contribution in [1.29, 1.82) is 0 Å². The summed E-state index contributed by atoms with van der Waals surface area (Å²) in [4.78, 5) is 13.8. The van der Waals surface area contributed by atoms with Gasteiger partial charge >= 0.3 is 6.09 Å². The minimum Gasteiger partial charge on any atom is -0.444 e. The number of carbonyl (C=O) groups excluding carboxylic acids is 1. The van der Waals surface area contributed by atoms with Gasteiger partial charge in [0.05, 0.1) is 19.8 Å². The molecule has 0 aromatic heterocycles. The van der Waals surface area contributed by atoms with Gasteiger partial charge in [-0.25, -0.2) is 4.79 Å². The van der Waals surface area contributed by atoms with Crippen LogP contribution >= 0.6 is 0 Å². The van der Waals surface area contributed by atoms with Gasteiger partial charge in [-0.05, 0) is 40.0 Å². The second kappa shape index (κ2) is 9.23. The number of nitrogens with zero attached hydrogens (tertiary/aromatic N) is 1. The van der Waals surface area contributed by atoms with E-state index in [4.69, 9.17) is 14.6 Å². The lowest BCUT2D eigenvalue weighted by Gasteiger charge is -2.26. The van der Waals surface area contributed by atoms with E-state index in [9.17, 15) is 4.79 Å². The van der Waals surface area contributed by atoms with Gasteiger partial charge < -0.3 is 24.8 Å². The van der Waals surface area contributed by atoms with E-state index in [0.29, 0.717) is 19.3 Å². The van der Waals surface area contributed by atoms with Crippen molar-refractivity contribution >= 4 is 6.09 Å². The maximum absolute atomic E-state index is 12.0. The molecule has 6 heteroatoms. The molecule has 0 saturated carbocycles. The molecule has 1 fully saturated rings. The van der Waals surface area contributed by atoms with E-state index in [2.05, 4.69) is 5.32 Å². The van der Waals surface area contributed by atoms with E-state index < -0.39 is 5.60 Å². The van der Waals surface area contributed by atoms with Gasteiger partial charge in [-0.3, -0.25) is 0 Å². The van der Waals surface area contributed by atoms with E-state index in [-0.39, 0.29) is 12.7 Å². The number of rotatable bonds is 6. The van der Waals surface area contributed by atoms with Crippen molar-refractivity contribution in [2.45, 2.75) is 51.7 Å². The zero-order valence-corrected chi connectivity index (χ0v) is 13.6. The number of nitrogens with one attached hydrogen (secondary N) is 1. The van der Waals surface area contributed by atoms with Crippen LogP contribution in [0.15, 0.2) is 0 Å². The summed E-state index contributed by atoms with van der Waals surface area (Å²) < 4.78 is 10.6. The van der Waals surface area contributed by atoms with Gasteiger partial charge in [0.25, 0.3) is 0 Å². The summed E-state index contributed by atoms with van der Waals surface area (Å²) in [6.07, 6.45) is 2.75. The molecule has 0 radical (unpaired) electrons. The Labute approximate surface area is 127 Å². The average Bonchev–Trinajstić information content (AvgIpc) is 2.62. The third-order valence-corrected chi connectivity index (χ3v) is 3.29. The van der Waals surface area contributed by atoms with Crippen molar-refractivity contribution in [1.82, 2.24) is 10.2 Å². The molecule has 1 rings (SSSR count). The third kappa shape index (κ3) is 8.24. The Morgan fingerprint density at radius 3 is 2.71 bits per heavy atom. The molecule has 1 saturated heterocycles. The van der Waals surface area contributed by atoms with Gasteiger partial charge in [0.2, 0.25) is 0 Å². The van der Waals surface area contributed by atoms with Gasteiger partial charge in [-0.1, -0.05) is 0 Å². The second-order valence-electron chi connectivity index (χ2n) is 6.39. The van der Waals surface area contributed by atoms with Crippen LogP contribution in [0, 0.1) is 0 Å². The van der Waals surface area contributed by atoms with Gasteiger partial charge in [0.15, 0.2) is 0 Å². The lowest BCUT2D eigenvalue weighted by Crippen LogP contribution is -2.38. The van der Waals surface area contributed by atoms with E-state index in [0.717, 1.165) is 38.9 Å². The van der Waals surface area contributed by atoms with Crippen molar-refractivity contribution in [2.75, 3.05) is 39.5 Å². The molecule has 1 unspecified atom stereocenters. The van der Waals surface area contributed by atoms with E-state index >= 15 is 0 Å². The minimum atomic E-state index is -0.439. The highest BCUT2D eigenvalue weighted by Gasteiger charge is 2.24. The Kier molecular flexibility index (Phi) is 8.00. The van der Waals surface area contributed by atoms with E-state index in [1.807, 2.05) is 20.8 Å². The van der Waals surface area contributed by atoms with Crippen LogP contribution in [-0.4, -0.2) is 67.2 Å². The highest BCUT2D eigenvalue weighted by atomic mass is 16.6. The van der Waals surface area contributed by atoms with Gasteiger partial charge in [0, 0.05) is 25.7 Å². The molecule has 1 aliphatic heterocycles. The molecule has 0 aromatic carbocycles. The number of aliphatic hydroxyl groups excluding tert-OH is 1. The second-order valence-corrected chi connectivity index (χ2v) is 6.39. The topological polar surface area (TPSA) is 71.0 Å². The van der Waals surface area contributed by atoms with Crippen LogP contribution in [0.2, 0.25) is 0 Å². The monoisotopic (exact) mass is 302 g/mol. The zero-order chi connectivity index (χ0) is 15.7. The standard InChI is InChI=1S/C15H30N2O4/c1-15(2,3)21-14(19)17-8-4-5-13(6-9-17)16-7-11-20-12-10-18/h13,16,18H,4-12H2,1-3H3. The third-order valence-electron chi connectivity index (χ3n) is 3.29. The van der Waals surface area contributed by atoms with Crippen molar-refractivity contribution in [3.05, 3.63) is 0 Å². The van der Waals surface area contributed by atoms with Crippen LogP contribution in [0.5, 0.6) is 0 Å². The zero-order valence-electron chi connectivity index (χ0n) is 13.6. The first-order valence-corrected chi connectivity index (χ1v) is 7.82. The van der Waals surface area contributed by atoms with Crippen LogP contribution in [0.1, 0.15) is 40.0 Å². The van der Waals surface area contributed by atoms with Crippen LogP contribution in [0.3, 0.4) is 0 Å². The fraction of sp³-hybridized carbons (Fsp3) is 0.933. The van der Waals surface area contributed by atoms with Crippen LogP contribution in [0.25, 0.3) is 0 Å². The summed E-state index contributed by atoms with van der Waals surface area (Å²) in [7, 11) is 0. The number of hydrogen-bond acceptors (Lipinski definition) is 5. The van der Waals surface area contributed by atoms with Crippen LogP contribution in [0.4, 0.5) is 4.79 Å². The Morgan fingerprint density at radius 2 is 2.05 bits per heavy atom. The Morgan fingerprint density at radius 1 is 1.29 bits per heavy atom. The smallest absolute Gasteiger partial charge is 0.410 e. The molecule has 0 bridgehead atoms. The fourth-order valence-corrected chi connectivity index (χ4v) is 2.31. The van der Waals surface area contributed by atoms with Crippen molar-refractivity contribution in [2.24, 2.45) is 0 Å². The highest BCUT2D eigenvalue weighted by molar-refractivity contribution is 5.68. The molecule has 6 nitrogen and oxygen atoms in total. The van der Waals surface area contributed by atoms with Crippen LogP contribution in [-0.2, 0) is 9.47 Å². The summed E-state index contributed by atoms with van der Waals surface area (Å²) in [5.41, 5.74) is -0.439. The van der Waals surface area contributed by atoms with Crippen molar-refractivity contribution in [3.63, 3.8) is 0 Å². The SMILES string of the molecule is CC(C)(C)OC(=O)N1CCCC(NCCOCCO)CC1. The number of ether oxygens (including phenoxy) is 2. The normalized spacial score (nSPS) is 20.2. The highest BCUT2D eigenvalue weighted by Crippen LogP contribution is 2.15. The van der Waals surface area contributed by atoms with Crippen molar-refractivity contribution in [3.8, 4) is 0 Å².